The third kappa shape index (κ3) is 13.7. The summed E-state index contributed by atoms with van der Waals surface area (Å²) >= 11 is 12.6. The number of aliphatic hydroxyl groups excluding tert-OH is 3. The molecule has 0 radical (unpaired) electrons. The molecule has 68 heavy (non-hydrogen) atoms. The number of nitrogens with one attached hydrogen (secondary N) is 4. The van der Waals surface area contributed by atoms with Crippen LogP contribution in [0.4, 0.5) is 0 Å². The van der Waals surface area contributed by atoms with E-state index in [4.69, 9.17) is 32.7 Å². The van der Waals surface area contributed by atoms with Gasteiger partial charge in [-0.3, -0.25) is 27.9 Å². The lowest BCUT2D eigenvalue weighted by atomic mass is 9.98. The fraction of sp³-hybridized carbons (Fsp3) is 0.592. The summed E-state index contributed by atoms with van der Waals surface area (Å²) in [7, 11) is 0. The van der Waals surface area contributed by atoms with Gasteiger partial charge in [-0.05, 0) is 75.4 Å². The highest BCUT2D eigenvalue weighted by Gasteiger charge is 2.26. The summed E-state index contributed by atoms with van der Waals surface area (Å²) in [5.41, 5.74) is 1.77. The zero-order chi connectivity index (χ0) is 48.2. The highest BCUT2D eigenvalue weighted by atomic mass is 35.5. The summed E-state index contributed by atoms with van der Waals surface area (Å²) < 4.78 is 17.3. The molecule has 2 aromatic carbocycles. The molecule has 4 heterocycles. The van der Waals surface area contributed by atoms with Crippen LogP contribution < -0.4 is 32.6 Å². The molecule has 17 nitrogen and oxygen atoms in total. The Hall–Kier alpha value is -4.30. The van der Waals surface area contributed by atoms with E-state index in [-0.39, 0.29) is 69.7 Å². The number of hydrogen-bond acceptors (Lipinski definition) is 11. The predicted molar refractivity (Wildman–Crippen MR) is 260 cm³/mol. The van der Waals surface area contributed by atoms with Crippen molar-refractivity contribution >= 4 is 35.0 Å². The van der Waals surface area contributed by atoms with Crippen LogP contribution in [0.15, 0.2) is 64.6 Å². The highest BCUT2D eigenvalue weighted by Crippen LogP contribution is 2.28. The molecule has 4 aliphatic rings. The van der Waals surface area contributed by atoms with Gasteiger partial charge in [0, 0.05) is 75.5 Å². The first kappa shape index (κ1) is 51.5. The summed E-state index contributed by atoms with van der Waals surface area (Å²) in [6.07, 6.45) is 15.9. The molecule has 0 bridgehead atoms. The lowest BCUT2D eigenvalue weighted by molar-refractivity contribution is -0.0346. The average molecular weight is 984 g/mol. The van der Waals surface area contributed by atoms with Crippen LogP contribution in [-0.4, -0.2) is 116 Å². The van der Waals surface area contributed by atoms with Gasteiger partial charge in [0.2, 0.25) is 0 Å². The molecule has 2 aliphatic heterocycles. The van der Waals surface area contributed by atoms with Gasteiger partial charge < -0.3 is 46.1 Å². The molecule has 8 rings (SSSR count). The number of benzene rings is 2. The number of rotatable bonds is 18. The van der Waals surface area contributed by atoms with E-state index in [1.807, 2.05) is 6.92 Å². The van der Waals surface area contributed by atoms with Gasteiger partial charge >= 0.3 is 11.4 Å². The molecule has 3 unspecified atom stereocenters. The number of imidazole rings is 2. The zero-order valence-corrected chi connectivity index (χ0v) is 40.4. The van der Waals surface area contributed by atoms with E-state index in [9.17, 15) is 34.5 Å². The van der Waals surface area contributed by atoms with Crippen molar-refractivity contribution in [2.75, 3.05) is 39.4 Å². The number of amides is 2. The summed E-state index contributed by atoms with van der Waals surface area (Å²) in [6, 6.07) is 9.68. The number of halogens is 2. The Kier molecular flexibility index (Phi) is 19.0. The quantitative estimate of drug-likeness (QED) is 0.0414. The van der Waals surface area contributed by atoms with Gasteiger partial charge in [-0.1, -0.05) is 74.6 Å². The average Bonchev–Trinajstić information content (AvgIpc) is 3.52. The Balaban J connectivity index is 0.000000201. The maximum atomic E-state index is 13.1. The lowest BCUT2D eigenvalue weighted by Gasteiger charge is -2.28. The van der Waals surface area contributed by atoms with Crippen molar-refractivity contribution in [3.63, 3.8) is 0 Å². The summed E-state index contributed by atoms with van der Waals surface area (Å²) in [4.78, 5) is 51.8. The Morgan fingerprint density at radius 1 is 0.706 bits per heavy atom. The Morgan fingerprint density at radius 3 is 1.71 bits per heavy atom. The van der Waals surface area contributed by atoms with Gasteiger partial charge in [0.1, 0.15) is 12.5 Å². The number of carbonyl (C=O) groups is 2. The number of nitrogens with zero attached hydrogens (tertiary/aromatic N) is 4. The topological polar surface area (TPSA) is 215 Å². The van der Waals surface area contributed by atoms with Crippen molar-refractivity contribution in [2.45, 2.75) is 134 Å². The number of ether oxygens (including phenoxy) is 2. The summed E-state index contributed by atoms with van der Waals surface area (Å²) in [6.45, 7) is 6.63. The van der Waals surface area contributed by atoms with Crippen LogP contribution >= 0.6 is 23.2 Å². The standard InChI is InChI=1S/C25H35ClN4O4.C24H33ClN4O5/c1-17-16-30(25(33)29(17)11-6-12-34-20-14-27-15-20)19-9-10-22(26)21(13-19)24(32)28-23(31)18-7-4-2-3-5-8-18;25-21-8-7-17(11-20(21)23(32)27-22(31)16-5-3-1-2-4-6-16)29-10-9-28(24(29)33)14-18(30)15-34-19-12-26-13-19/h9-10,13,16,18,20,23,27,31H,2-8,11-12,14-15H2,1H3,(H,28,32);7-11,16,18-19,22,26,30-31H,1-6,12-15H2,(H,27,32). The van der Waals surface area contributed by atoms with Gasteiger partial charge in [-0.25, -0.2) is 9.59 Å². The normalized spacial score (nSPS) is 18.8. The molecule has 2 saturated heterocycles. The van der Waals surface area contributed by atoms with Gasteiger partial charge in [0.15, 0.2) is 0 Å². The van der Waals surface area contributed by atoms with Crippen LogP contribution in [0.3, 0.4) is 0 Å². The van der Waals surface area contributed by atoms with Crippen molar-refractivity contribution in [1.82, 2.24) is 39.5 Å². The smallest absolute Gasteiger partial charge is 0.332 e. The van der Waals surface area contributed by atoms with Gasteiger partial charge in [-0.2, -0.15) is 0 Å². The Bertz CT molecular complexity index is 2390. The first-order valence-electron chi connectivity index (χ1n) is 24.3. The fourth-order valence-electron chi connectivity index (χ4n) is 9.15. The fourth-order valence-corrected chi connectivity index (χ4v) is 9.55. The minimum absolute atomic E-state index is 0.0287. The second-order valence-electron chi connectivity index (χ2n) is 18.6. The molecule has 4 fully saturated rings. The molecule has 4 aromatic rings. The summed E-state index contributed by atoms with van der Waals surface area (Å²) in [5, 5.41) is 43.6. The van der Waals surface area contributed by atoms with E-state index in [0.717, 1.165) is 103 Å². The SMILES string of the molecule is Cc1cn(-c2ccc(Cl)c(C(=O)NC(O)C3CCCCCC3)c2)c(=O)n1CCCOC1CNC1.O=C(NC(O)C1CCCCCC1)c1cc(-n2ccn(CC(O)COC3CNC3)c2=O)ccc1Cl. The predicted octanol–water partition coefficient (Wildman–Crippen LogP) is 4.66. The number of carbonyl (C=O) groups excluding carboxylic acids is 2. The van der Waals surface area contributed by atoms with E-state index < -0.39 is 30.4 Å². The number of aromatic nitrogens is 4. The van der Waals surface area contributed by atoms with Crippen molar-refractivity contribution in [3.8, 4) is 11.4 Å². The molecule has 7 N–H and O–H groups in total. The van der Waals surface area contributed by atoms with Crippen molar-refractivity contribution in [1.29, 1.82) is 0 Å². The molecular formula is C49H68Cl2N8O9. The third-order valence-electron chi connectivity index (χ3n) is 13.5. The van der Waals surface area contributed by atoms with Crippen LogP contribution in [0.1, 0.15) is 110 Å². The highest BCUT2D eigenvalue weighted by molar-refractivity contribution is 6.34. The van der Waals surface area contributed by atoms with Crippen LogP contribution in [0.25, 0.3) is 11.4 Å². The van der Waals surface area contributed by atoms with Gasteiger partial charge in [-0.15, -0.1) is 0 Å². The Labute approximate surface area is 407 Å². The number of hydrogen-bond donors (Lipinski definition) is 7. The van der Waals surface area contributed by atoms with Crippen molar-refractivity contribution in [2.24, 2.45) is 11.8 Å². The molecule has 2 amide bonds. The van der Waals surface area contributed by atoms with E-state index in [1.165, 1.54) is 32.6 Å². The molecule has 372 valence electrons. The monoisotopic (exact) mass is 982 g/mol. The van der Waals surface area contributed by atoms with Crippen LogP contribution in [0, 0.1) is 18.8 Å². The van der Waals surface area contributed by atoms with E-state index in [1.54, 1.807) is 53.5 Å². The minimum Gasteiger partial charge on any atom is -0.389 e. The largest absolute Gasteiger partial charge is 0.389 e. The number of aryl methyl sites for hydroxylation is 1. The first-order valence-corrected chi connectivity index (χ1v) is 25.1. The Morgan fingerprint density at radius 2 is 1.21 bits per heavy atom. The maximum Gasteiger partial charge on any atom is 0.332 e. The van der Waals surface area contributed by atoms with Crippen LogP contribution in [-0.2, 0) is 22.6 Å². The third-order valence-corrected chi connectivity index (χ3v) is 14.2. The molecular weight excluding hydrogens is 915 g/mol. The van der Waals surface area contributed by atoms with Crippen LogP contribution in [0.5, 0.6) is 0 Å². The van der Waals surface area contributed by atoms with E-state index in [0.29, 0.717) is 24.5 Å². The molecule has 3 atom stereocenters. The molecule has 19 heteroatoms. The summed E-state index contributed by atoms with van der Waals surface area (Å²) in [5.74, 6) is -0.831. The second kappa shape index (κ2) is 25.0. The lowest BCUT2D eigenvalue weighted by Crippen LogP contribution is -2.49. The maximum absolute atomic E-state index is 13.1. The molecule has 2 aromatic heterocycles. The first-order chi connectivity index (χ1) is 32.9. The van der Waals surface area contributed by atoms with E-state index in [2.05, 4.69) is 21.3 Å². The number of aliphatic hydroxyl groups is 3. The van der Waals surface area contributed by atoms with Crippen molar-refractivity contribution in [3.05, 3.63) is 103 Å². The molecule has 0 spiro atoms. The minimum atomic E-state index is -0.937. The van der Waals surface area contributed by atoms with Gasteiger partial charge in [0.05, 0.1) is 64.0 Å². The van der Waals surface area contributed by atoms with E-state index >= 15 is 0 Å². The second-order valence-corrected chi connectivity index (χ2v) is 19.4. The molecule has 2 saturated carbocycles. The zero-order valence-electron chi connectivity index (χ0n) is 38.9. The van der Waals surface area contributed by atoms with Crippen molar-refractivity contribution < 1.29 is 34.4 Å². The van der Waals surface area contributed by atoms with Crippen LogP contribution in [0.2, 0.25) is 10.0 Å². The van der Waals surface area contributed by atoms with Gasteiger partial charge in [0.25, 0.3) is 11.8 Å². The molecule has 2 aliphatic carbocycles.